The summed E-state index contributed by atoms with van der Waals surface area (Å²) in [6.07, 6.45) is 7.04. The molecule has 1 aromatic rings. The number of hydrogen-bond acceptors (Lipinski definition) is 3. The Balaban J connectivity index is 1.55. The Morgan fingerprint density at radius 3 is 2.71 bits per heavy atom. The summed E-state index contributed by atoms with van der Waals surface area (Å²) in [7, 11) is -3.22. The number of rotatable bonds is 3. The molecule has 2 bridgehead atoms. The Hall–Kier alpha value is -1.82. The second-order valence-corrected chi connectivity index (χ2v) is 9.13. The number of amides is 1. The molecule has 1 N–H and O–H groups in total. The molecule has 5 nitrogen and oxygen atoms in total. The molecular weight excluding hydrogens is 324 g/mol. The Morgan fingerprint density at radius 2 is 2.08 bits per heavy atom. The summed E-state index contributed by atoms with van der Waals surface area (Å²) in [4.78, 5) is 12.6. The number of hydrogen-bond donors (Lipinski definition) is 1. The van der Waals surface area contributed by atoms with Gasteiger partial charge in [0.2, 0.25) is 15.9 Å². The fraction of sp³-hybridized carbons (Fsp3) is 0.500. The first-order valence-corrected chi connectivity index (χ1v) is 10.2. The molecule has 0 radical (unpaired) electrons. The summed E-state index contributed by atoms with van der Waals surface area (Å²) in [6, 6.07) is 5.51. The van der Waals surface area contributed by atoms with Crippen molar-refractivity contribution >= 4 is 27.3 Å². The Morgan fingerprint density at radius 1 is 1.25 bits per heavy atom. The second kappa shape index (κ2) is 5.62. The lowest BCUT2D eigenvalue weighted by molar-refractivity contribution is -0.120. The van der Waals surface area contributed by atoms with Crippen molar-refractivity contribution in [1.82, 2.24) is 0 Å². The van der Waals surface area contributed by atoms with Gasteiger partial charge in [0, 0.05) is 18.2 Å². The van der Waals surface area contributed by atoms with Crippen LogP contribution in [-0.2, 0) is 14.8 Å². The third-order valence-corrected chi connectivity index (χ3v) is 7.32. The normalized spacial score (nSPS) is 30.0. The number of carbonyl (C=O) groups excluding carboxylic acids is 1. The van der Waals surface area contributed by atoms with Gasteiger partial charge in [-0.3, -0.25) is 9.10 Å². The van der Waals surface area contributed by atoms with Gasteiger partial charge < -0.3 is 5.32 Å². The maximum atomic E-state index is 12.6. The fourth-order valence-electron chi connectivity index (χ4n) is 4.18. The first-order chi connectivity index (χ1) is 11.4. The minimum atomic E-state index is -3.22. The highest BCUT2D eigenvalue weighted by atomic mass is 32.2. The molecule has 1 saturated carbocycles. The largest absolute Gasteiger partial charge is 0.326 e. The van der Waals surface area contributed by atoms with Crippen molar-refractivity contribution in [2.24, 2.45) is 17.8 Å². The standard InChI is InChI=1S/C18H22N2O3S/c1-12-3-6-15(11-17(12)20-7-2-8-24(20,22)23)19-18(21)16-10-13-4-5-14(16)9-13/h3-6,11,13-14,16H,2,7-10H2,1H3,(H,19,21). The van der Waals surface area contributed by atoms with Gasteiger partial charge in [-0.15, -0.1) is 0 Å². The molecule has 128 valence electrons. The van der Waals surface area contributed by atoms with Gasteiger partial charge in [-0.1, -0.05) is 18.2 Å². The summed E-state index contributed by atoms with van der Waals surface area (Å²) >= 11 is 0. The van der Waals surface area contributed by atoms with E-state index in [1.165, 1.54) is 4.31 Å². The maximum absolute atomic E-state index is 12.6. The Kier molecular flexibility index (Phi) is 3.67. The van der Waals surface area contributed by atoms with Crippen molar-refractivity contribution in [3.63, 3.8) is 0 Å². The van der Waals surface area contributed by atoms with Gasteiger partial charge in [-0.25, -0.2) is 8.42 Å². The molecule has 1 aromatic carbocycles. The van der Waals surface area contributed by atoms with Crippen molar-refractivity contribution in [3.8, 4) is 0 Å². The summed E-state index contributed by atoms with van der Waals surface area (Å²) in [5.41, 5.74) is 2.26. The zero-order chi connectivity index (χ0) is 16.9. The number of nitrogens with one attached hydrogen (secondary N) is 1. The Labute approximate surface area is 142 Å². The topological polar surface area (TPSA) is 66.5 Å². The van der Waals surface area contributed by atoms with Crippen LogP contribution in [0.4, 0.5) is 11.4 Å². The van der Waals surface area contributed by atoms with Gasteiger partial charge in [0.15, 0.2) is 0 Å². The van der Waals surface area contributed by atoms with E-state index >= 15 is 0 Å². The highest BCUT2D eigenvalue weighted by molar-refractivity contribution is 7.93. The highest BCUT2D eigenvalue weighted by Gasteiger charge is 2.39. The third kappa shape index (κ3) is 2.62. The zero-order valence-corrected chi connectivity index (χ0v) is 14.6. The molecule has 1 amide bonds. The number of nitrogens with zero attached hydrogens (tertiary/aromatic N) is 1. The van der Waals surface area contributed by atoms with E-state index in [9.17, 15) is 13.2 Å². The van der Waals surface area contributed by atoms with Gasteiger partial charge in [0.1, 0.15) is 0 Å². The molecule has 2 fully saturated rings. The van der Waals surface area contributed by atoms with Crippen LogP contribution >= 0.6 is 0 Å². The number of sulfonamides is 1. The van der Waals surface area contributed by atoms with Crippen LogP contribution in [0.5, 0.6) is 0 Å². The van der Waals surface area contributed by atoms with Crippen molar-refractivity contribution in [2.75, 3.05) is 21.9 Å². The summed E-state index contributed by atoms with van der Waals surface area (Å²) in [5.74, 6) is 1.19. The van der Waals surface area contributed by atoms with Crippen molar-refractivity contribution in [2.45, 2.75) is 26.2 Å². The number of allylic oxidation sites excluding steroid dienone is 2. The lowest BCUT2D eigenvalue weighted by Gasteiger charge is -2.21. The van der Waals surface area contributed by atoms with Crippen LogP contribution in [0.3, 0.4) is 0 Å². The van der Waals surface area contributed by atoms with Crippen LogP contribution in [0.25, 0.3) is 0 Å². The van der Waals surface area contributed by atoms with Crippen LogP contribution < -0.4 is 9.62 Å². The molecule has 3 atom stereocenters. The fourth-order valence-corrected chi connectivity index (χ4v) is 5.80. The molecule has 3 unspecified atom stereocenters. The molecule has 1 heterocycles. The van der Waals surface area contributed by atoms with E-state index in [0.29, 0.717) is 36.2 Å². The lowest BCUT2D eigenvalue weighted by Crippen LogP contribution is -2.27. The molecular formula is C18H22N2O3S. The van der Waals surface area contributed by atoms with Gasteiger partial charge in [-0.2, -0.15) is 0 Å². The zero-order valence-electron chi connectivity index (χ0n) is 13.7. The summed E-state index contributed by atoms with van der Waals surface area (Å²) in [6.45, 7) is 2.41. The average Bonchev–Trinajstić information content (AvgIpc) is 3.24. The first kappa shape index (κ1) is 15.7. The summed E-state index contributed by atoms with van der Waals surface area (Å²) in [5, 5.41) is 2.99. The maximum Gasteiger partial charge on any atom is 0.235 e. The van der Waals surface area contributed by atoms with E-state index in [1.807, 2.05) is 19.1 Å². The van der Waals surface area contributed by atoms with Crippen LogP contribution in [-0.4, -0.2) is 26.6 Å². The quantitative estimate of drug-likeness (QED) is 0.856. The number of carbonyl (C=O) groups is 1. The van der Waals surface area contributed by atoms with E-state index in [-0.39, 0.29) is 17.6 Å². The molecule has 6 heteroatoms. The highest BCUT2D eigenvalue weighted by Crippen LogP contribution is 2.44. The molecule has 0 aromatic heterocycles. The van der Waals surface area contributed by atoms with Gasteiger partial charge in [0.25, 0.3) is 0 Å². The molecule has 24 heavy (non-hydrogen) atoms. The number of fused-ring (bicyclic) bond motifs is 2. The molecule has 3 aliphatic rings. The predicted octanol–water partition coefficient (Wildman–Crippen LogP) is 2.69. The minimum Gasteiger partial charge on any atom is -0.326 e. The van der Waals surface area contributed by atoms with Gasteiger partial charge in [0.05, 0.1) is 11.4 Å². The molecule has 1 aliphatic heterocycles. The first-order valence-electron chi connectivity index (χ1n) is 8.54. The third-order valence-electron chi connectivity index (χ3n) is 5.46. The monoisotopic (exact) mass is 346 g/mol. The average molecular weight is 346 g/mol. The second-order valence-electron chi connectivity index (χ2n) is 7.12. The van der Waals surface area contributed by atoms with Crippen molar-refractivity contribution in [1.29, 1.82) is 0 Å². The minimum absolute atomic E-state index is 0.0419. The summed E-state index contributed by atoms with van der Waals surface area (Å²) < 4.78 is 25.8. The van der Waals surface area contributed by atoms with E-state index in [1.54, 1.807) is 6.07 Å². The lowest BCUT2D eigenvalue weighted by atomic mass is 9.93. The molecule has 0 spiro atoms. The molecule has 4 rings (SSSR count). The van der Waals surface area contributed by atoms with E-state index < -0.39 is 10.0 Å². The van der Waals surface area contributed by atoms with Crippen molar-refractivity contribution < 1.29 is 13.2 Å². The van der Waals surface area contributed by atoms with Crippen LogP contribution in [0.1, 0.15) is 24.8 Å². The van der Waals surface area contributed by atoms with Crippen LogP contribution in [0.15, 0.2) is 30.4 Å². The Bertz CT molecular complexity index is 816. The van der Waals surface area contributed by atoms with Crippen LogP contribution in [0.2, 0.25) is 0 Å². The molecule has 1 saturated heterocycles. The molecule has 2 aliphatic carbocycles. The predicted molar refractivity (Wildman–Crippen MR) is 94.4 cm³/mol. The number of anilines is 2. The van der Waals surface area contributed by atoms with Crippen molar-refractivity contribution in [3.05, 3.63) is 35.9 Å². The van der Waals surface area contributed by atoms with E-state index in [0.717, 1.165) is 18.4 Å². The van der Waals surface area contributed by atoms with E-state index in [2.05, 4.69) is 17.5 Å². The van der Waals surface area contributed by atoms with Gasteiger partial charge >= 0.3 is 0 Å². The van der Waals surface area contributed by atoms with Gasteiger partial charge in [-0.05, 0) is 55.7 Å². The van der Waals surface area contributed by atoms with Crippen LogP contribution in [0, 0.1) is 24.7 Å². The smallest absolute Gasteiger partial charge is 0.235 e. The van der Waals surface area contributed by atoms with E-state index in [4.69, 9.17) is 0 Å². The number of benzene rings is 1. The number of aryl methyl sites for hydroxylation is 1. The SMILES string of the molecule is Cc1ccc(NC(=O)C2CC3C=CC2C3)cc1N1CCCS1(=O)=O.